The van der Waals surface area contributed by atoms with Crippen LogP contribution in [0.4, 0.5) is 10.1 Å². The van der Waals surface area contributed by atoms with Gasteiger partial charge in [-0.2, -0.15) is 0 Å². The Kier molecular flexibility index (Phi) is 4.15. The van der Waals surface area contributed by atoms with E-state index in [2.05, 4.69) is 5.32 Å². The van der Waals surface area contributed by atoms with Crippen LogP contribution in [0.25, 0.3) is 0 Å². The van der Waals surface area contributed by atoms with Crippen molar-refractivity contribution in [2.24, 2.45) is 0 Å². The number of benzene rings is 1. The van der Waals surface area contributed by atoms with Gasteiger partial charge in [0.05, 0.1) is 16.3 Å². The van der Waals surface area contributed by atoms with Gasteiger partial charge >= 0.3 is 0 Å². The van der Waals surface area contributed by atoms with Crippen molar-refractivity contribution in [1.82, 2.24) is 0 Å². The van der Waals surface area contributed by atoms with Crippen LogP contribution in [0.15, 0.2) is 34.9 Å². The Morgan fingerprint density at radius 2 is 2.00 bits per heavy atom. The summed E-state index contributed by atoms with van der Waals surface area (Å²) in [6.45, 7) is 1.99. The lowest BCUT2D eigenvalue weighted by molar-refractivity contribution is 0.498. The molecule has 2 rings (SSSR count). The molecule has 18 heavy (non-hydrogen) atoms. The zero-order valence-corrected chi connectivity index (χ0v) is 11.2. The van der Waals surface area contributed by atoms with Crippen LogP contribution in [0.1, 0.15) is 12.7 Å². The highest BCUT2D eigenvalue weighted by molar-refractivity contribution is 6.35. The summed E-state index contributed by atoms with van der Waals surface area (Å²) >= 11 is 11.5. The van der Waals surface area contributed by atoms with E-state index in [9.17, 15) is 4.39 Å². The van der Waals surface area contributed by atoms with Gasteiger partial charge in [0.25, 0.3) is 0 Å². The first-order chi connectivity index (χ1) is 8.56. The summed E-state index contributed by atoms with van der Waals surface area (Å²) in [5, 5.41) is 3.21. The lowest BCUT2D eigenvalue weighted by Crippen LogP contribution is -2.17. The third-order valence-electron chi connectivity index (χ3n) is 2.48. The highest BCUT2D eigenvalue weighted by atomic mass is 35.5. The normalized spacial score (nSPS) is 12.4. The van der Waals surface area contributed by atoms with Gasteiger partial charge < -0.3 is 9.73 Å². The topological polar surface area (TPSA) is 25.2 Å². The summed E-state index contributed by atoms with van der Waals surface area (Å²) in [7, 11) is 0. The van der Waals surface area contributed by atoms with Gasteiger partial charge in [0, 0.05) is 18.2 Å². The van der Waals surface area contributed by atoms with Crippen molar-refractivity contribution in [2.45, 2.75) is 19.4 Å². The second kappa shape index (κ2) is 5.63. The van der Waals surface area contributed by atoms with Crippen molar-refractivity contribution >= 4 is 28.9 Å². The minimum absolute atomic E-state index is 0.00944. The highest BCUT2D eigenvalue weighted by Gasteiger charge is 2.10. The SMILES string of the molecule is CC(Cc1ccco1)Nc1cc(Cl)c(F)c(Cl)c1. The molecule has 0 radical (unpaired) electrons. The number of furan rings is 1. The minimum atomic E-state index is -0.595. The maximum Gasteiger partial charge on any atom is 0.160 e. The zero-order chi connectivity index (χ0) is 13.1. The largest absolute Gasteiger partial charge is 0.469 e. The van der Waals surface area contributed by atoms with E-state index in [0.717, 1.165) is 12.2 Å². The minimum Gasteiger partial charge on any atom is -0.469 e. The third-order valence-corrected chi connectivity index (χ3v) is 3.03. The quantitative estimate of drug-likeness (QED) is 0.820. The molecule has 1 aromatic carbocycles. The molecule has 1 aromatic heterocycles. The molecule has 1 N–H and O–H groups in total. The number of anilines is 1. The first kappa shape index (κ1) is 13.2. The zero-order valence-electron chi connectivity index (χ0n) is 9.71. The second-order valence-corrected chi connectivity index (χ2v) is 4.90. The first-order valence-electron chi connectivity index (χ1n) is 5.49. The molecular formula is C13H12Cl2FNO. The van der Waals surface area contributed by atoms with Crippen molar-refractivity contribution in [1.29, 1.82) is 0 Å². The van der Waals surface area contributed by atoms with E-state index < -0.39 is 5.82 Å². The van der Waals surface area contributed by atoms with Gasteiger partial charge in [-0.15, -0.1) is 0 Å². The number of halogens is 3. The predicted octanol–water partition coefficient (Wildman–Crippen LogP) is 4.77. The van der Waals surface area contributed by atoms with Gasteiger partial charge in [0.2, 0.25) is 0 Å². The molecule has 0 bridgehead atoms. The summed E-state index contributed by atoms with van der Waals surface area (Å²) in [5.74, 6) is 0.289. The molecule has 1 heterocycles. The van der Waals surface area contributed by atoms with Crippen LogP contribution in [0, 0.1) is 5.82 Å². The fourth-order valence-corrected chi connectivity index (χ4v) is 2.19. The van der Waals surface area contributed by atoms with E-state index in [1.165, 1.54) is 12.1 Å². The molecule has 1 atom stereocenters. The van der Waals surface area contributed by atoms with E-state index in [-0.39, 0.29) is 16.1 Å². The molecule has 0 aliphatic carbocycles. The number of hydrogen-bond acceptors (Lipinski definition) is 2. The lowest BCUT2D eigenvalue weighted by Gasteiger charge is -2.14. The van der Waals surface area contributed by atoms with E-state index in [4.69, 9.17) is 27.6 Å². The Balaban J connectivity index is 2.05. The Morgan fingerprint density at radius 1 is 1.33 bits per heavy atom. The summed E-state index contributed by atoms with van der Waals surface area (Å²) in [4.78, 5) is 0. The third kappa shape index (κ3) is 3.18. The smallest absolute Gasteiger partial charge is 0.160 e. The van der Waals surface area contributed by atoms with Crippen molar-refractivity contribution in [3.8, 4) is 0 Å². The average molecular weight is 288 g/mol. The molecular weight excluding hydrogens is 276 g/mol. The van der Waals surface area contributed by atoms with Crippen LogP contribution in [0.3, 0.4) is 0 Å². The van der Waals surface area contributed by atoms with Crippen LogP contribution < -0.4 is 5.32 Å². The molecule has 2 nitrogen and oxygen atoms in total. The van der Waals surface area contributed by atoms with Crippen LogP contribution in [-0.4, -0.2) is 6.04 Å². The first-order valence-corrected chi connectivity index (χ1v) is 6.25. The van der Waals surface area contributed by atoms with Crippen LogP contribution in [0.5, 0.6) is 0 Å². The van der Waals surface area contributed by atoms with Crippen molar-refractivity contribution in [3.05, 3.63) is 52.2 Å². The molecule has 0 spiro atoms. The van der Waals surface area contributed by atoms with E-state index in [1.54, 1.807) is 6.26 Å². The molecule has 0 aliphatic heterocycles. The average Bonchev–Trinajstić information content (AvgIpc) is 2.78. The summed E-state index contributed by atoms with van der Waals surface area (Å²) in [6.07, 6.45) is 2.35. The summed E-state index contributed by atoms with van der Waals surface area (Å²) in [6, 6.07) is 6.90. The van der Waals surface area contributed by atoms with E-state index >= 15 is 0 Å². The van der Waals surface area contributed by atoms with Gasteiger partial charge in [-0.1, -0.05) is 23.2 Å². The molecule has 96 valence electrons. The standard InChI is InChI=1S/C13H12Cl2FNO/c1-8(5-10-3-2-4-18-10)17-9-6-11(14)13(16)12(15)7-9/h2-4,6-8,17H,5H2,1H3. The van der Waals surface area contributed by atoms with Gasteiger partial charge in [-0.25, -0.2) is 4.39 Å². The van der Waals surface area contributed by atoms with Crippen molar-refractivity contribution < 1.29 is 8.81 Å². The summed E-state index contributed by atoms with van der Waals surface area (Å²) in [5.41, 5.74) is 0.686. The molecule has 0 amide bonds. The van der Waals surface area contributed by atoms with Crippen molar-refractivity contribution in [2.75, 3.05) is 5.32 Å². The maximum atomic E-state index is 13.2. The molecule has 0 aliphatic rings. The van der Waals surface area contributed by atoms with Crippen LogP contribution in [0.2, 0.25) is 10.0 Å². The maximum absolute atomic E-state index is 13.2. The molecule has 0 saturated heterocycles. The van der Waals surface area contributed by atoms with Crippen molar-refractivity contribution in [3.63, 3.8) is 0 Å². The lowest BCUT2D eigenvalue weighted by atomic mass is 10.2. The Bertz CT molecular complexity index is 505. The summed E-state index contributed by atoms with van der Waals surface area (Å²) < 4.78 is 18.5. The number of hydrogen-bond donors (Lipinski definition) is 1. The number of nitrogens with one attached hydrogen (secondary N) is 1. The molecule has 1 unspecified atom stereocenters. The Morgan fingerprint density at radius 3 is 2.56 bits per heavy atom. The van der Waals surface area contributed by atoms with Crippen LogP contribution >= 0.6 is 23.2 Å². The predicted molar refractivity (Wildman–Crippen MR) is 71.9 cm³/mol. The Hall–Kier alpha value is -1.19. The monoisotopic (exact) mass is 287 g/mol. The fourth-order valence-electron chi connectivity index (χ4n) is 1.70. The van der Waals surface area contributed by atoms with Gasteiger partial charge in [0.15, 0.2) is 5.82 Å². The van der Waals surface area contributed by atoms with Gasteiger partial charge in [-0.3, -0.25) is 0 Å². The number of rotatable bonds is 4. The van der Waals surface area contributed by atoms with Gasteiger partial charge in [0.1, 0.15) is 5.76 Å². The highest BCUT2D eigenvalue weighted by Crippen LogP contribution is 2.27. The van der Waals surface area contributed by atoms with Crippen LogP contribution in [-0.2, 0) is 6.42 Å². The van der Waals surface area contributed by atoms with E-state index in [0.29, 0.717) is 5.69 Å². The molecule has 2 aromatic rings. The molecule has 5 heteroatoms. The Labute approximate surface area is 115 Å². The molecule has 0 saturated carbocycles. The van der Waals surface area contributed by atoms with E-state index in [1.807, 2.05) is 19.1 Å². The second-order valence-electron chi connectivity index (χ2n) is 4.08. The van der Waals surface area contributed by atoms with Gasteiger partial charge in [-0.05, 0) is 31.2 Å². The fraction of sp³-hybridized carbons (Fsp3) is 0.231. The molecule has 0 fully saturated rings.